The molecular formula is C65H75F5N26O35P6. The van der Waals surface area contributed by atoms with Gasteiger partial charge in [0.1, 0.15) is 121 Å². The molecule has 137 heavy (non-hydrogen) atoms. The lowest BCUT2D eigenvalue weighted by atomic mass is 10.1. The van der Waals surface area contributed by atoms with Crippen LogP contribution in [0.15, 0.2) is 70.0 Å². The van der Waals surface area contributed by atoms with Gasteiger partial charge in [0.2, 0.25) is 5.95 Å². The summed E-state index contributed by atoms with van der Waals surface area (Å²) in [4.78, 5) is 176. The van der Waals surface area contributed by atoms with Gasteiger partial charge in [-0.25, -0.2) is 114 Å². The summed E-state index contributed by atoms with van der Waals surface area (Å²) in [6.07, 6.45) is -34.6. The number of aromatic nitrogens is 22. The number of aliphatic hydroxyl groups excluding tert-OH is 1. The number of ketones is 1. The number of nitrogens with two attached hydrogens (primary N) is 3. The van der Waals surface area contributed by atoms with Crippen molar-refractivity contribution in [3.8, 4) is 0 Å². The Morgan fingerprint density at radius 3 is 1.07 bits per heavy atom. The number of phosphoric acid groups is 6. The molecule has 0 radical (unpaired) electrons. The van der Waals surface area contributed by atoms with Crippen molar-refractivity contribution in [3.63, 3.8) is 0 Å². The number of halogens is 5. The summed E-state index contributed by atoms with van der Waals surface area (Å²) in [5, 5.41) is 11.1. The first-order valence-corrected chi connectivity index (χ1v) is 48.7. The van der Waals surface area contributed by atoms with Crippen LogP contribution in [0.1, 0.15) is 79.0 Å². The number of alkyl halides is 5. The van der Waals surface area contributed by atoms with E-state index in [0.29, 0.717) is 11.2 Å². The summed E-state index contributed by atoms with van der Waals surface area (Å²) in [6.45, 7) is -0.877. The predicted octanol–water partition coefficient (Wildman–Crippen LogP) is 0.726. The van der Waals surface area contributed by atoms with Crippen LogP contribution in [0.2, 0.25) is 0 Å². The van der Waals surface area contributed by atoms with Crippen LogP contribution in [-0.2, 0) is 110 Å². The second-order valence-corrected chi connectivity index (χ2v) is 39.7. The zero-order chi connectivity index (χ0) is 96.4. The fourth-order valence-corrected chi connectivity index (χ4v) is 22.0. The molecule has 21 rings (SSSR count). The van der Waals surface area contributed by atoms with Crippen molar-refractivity contribution < 1.29 is 171 Å². The molecule has 9 saturated heterocycles. The summed E-state index contributed by atoms with van der Waals surface area (Å²) >= 11 is 0. The predicted molar refractivity (Wildman–Crippen MR) is 435 cm³/mol. The fourth-order valence-electron chi connectivity index (χ4n) is 16.3. The average Bonchev–Trinajstić information content (AvgIpc) is 1.63. The third kappa shape index (κ3) is 18.7. The minimum atomic E-state index is -5.20. The van der Waals surface area contributed by atoms with Gasteiger partial charge in [-0.1, -0.05) is 7.43 Å². The van der Waals surface area contributed by atoms with Crippen molar-refractivity contribution in [2.45, 2.75) is 182 Å². The number of fused-ring (bicyclic) bond motifs is 12. The fraction of sp³-hybridized carbons (Fsp3) is 0.538. The van der Waals surface area contributed by atoms with Crippen molar-refractivity contribution in [2.24, 2.45) is 10.7 Å². The number of aliphatic imine (C=N–C) groups is 1. The molecule has 740 valence electrons. The molecule has 11 aromatic rings. The summed E-state index contributed by atoms with van der Waals surface area (Å²) in [5.74, 6) is -0.618. The molecule has 0 aliphatic carbocycles. The topological polar surface area (TPSA) is 813 Å². The standard InChI is InChI=1S/C22H25FN8O13P2.C21H23F2N9O12P2.C21H23F2N9O10P2.CH4/c1-7-27-19-14(20(34)28-7)26-6-31(19)22-15(33)17-10(42-22)4-40-45(35,36)43-16-9(3-39-46(37,38)44-17)41-21(12(16)23)30-5-25-13-8(32)2-11(24)29-18(13)30;1-6-27-15-11(17(33)28-6)25-4-31(15)19-9(22)13-7(41-19)2-39-46(37,38)44-14-8(3-40-45(35,36)43-13)42-20(10(14)23)32-5-26-12-16(32)29-21(24)30-18(12)34;1-8-13-18(27-4-25-8)31(6-29-13)20-11(22)15-9(39-20)2-37-44(35,36)42-16-10(3-38-43(33,34)41-15)40-21(12(16)23)32-7-30-14-17(24)26-5-28-19(14)32;/h5-6,9-10,12,15-17,21-22,33H,2-4H2,1H3,(H2,24,29)(H,35,36)(H,37,38)(H,27,28,34);4-5,7-10,13-14,19-20H,2-3H2,1H3,(H,35,36)(H,37,38)(H,27,28,33)(H3,24,29,30,34);4-7,9-12,15-16,20-21H,2-3H2,1H3,(H,33,34)(H,35,36)(H2,24,26,28);1H4/t9-,10-,12-,15-,16-,17-,21-,22-;7-,8-,9-,10-,13-,14-,19-,20-;9-,10-,11-,12-,15-,16-,20-,21-;/m111./s1. The van der Waals surface area contributed by atoms with Crippen molar-refractivity contribution >= 4 is 132 Å². The number of rotatable bonds is 6. The monoisotopic (exact) mass is 2060 g/mol. The Bertz CT molecular complexity index is 6830. The van der Waals surface area contributed by atoms with Crippen LogP contribution in [0.5, 0.6) is 0 Å². The maximum atomic E-state index is 15.9. The molecule has 11 aromatic heterocycles. The number of nitrogens with one attached hydrogen (secondary N) is 3. The van der Waals surface area contributed by atoms with E-state index in [-0.39, 0.29) is 105 Å². The van der Waals surface area contributed by atoms with E-state index in [1.165, 1.54) is 35.6 Å². The Labute approximate surface area is 756 Å². The molecule has 0 saturated carbocycles. The van der Waals surface area contributed by atoms with Gasteiger partial charge in [0, 0.05) is 0 Å². The minimum Gasteiger partial charge on any atom is -0.387 e. The summed E-state index contributed by atoms with van der Waals surface area (Å²) in [5.41, 5.74) is 15.5. The largest absolute Gasteiger partial charge is 0.472 e. The number of carbonyl (C=O) groups excluding carboxylic acids is 1. The first kappa shape index (κ1) is 97.4. The zero-order valence-corrected chi connectivity index (χ0v) is 74.1. The molecule has 72 heteroatoms. The molecule has 6 unspecified atom stereocenters. The van der Waals surface area contributed by atoms with Gasteiger partial charge in [-0.2, -0.15) is 4.98 Å². The Kier molecular flexibility index (Phi) is 26.0. The van der Waals surface area contributed by atoms with E-state index in [9.17, 15) is 81.0 Å². The molecule has 0 spiro atoms. The highest BCUT2D eigenvalue weighted by molar-refractivity contribution is 7.48. The summed E-state index contributed by atoms with van der Waals surface area (Å²) in [7, 11) is -30.9. The first-order chi connectivity index (χ1) is 64.3. The van der Waals surface area contributed by atoms with Gasteiger partial charge in [-0.15, -0.1) is 0 Å². The lowest BCUT2D eigenvalue weighted by molar-refractivity contribution is -0.0666. The van der Waals surface area contributed by atoms with Crippen LogP contribution in [0, 0.1) is 20.8 Å². The van der Waals surface area contributed by atoms with Crippen molar-refractivity contribution in [1.82, 2.24) is 107 Å². The zero-order valence-electron chi connectivity index (χ0n) is 68.7. The number of imidazole rings is 6. The number of ether oxygens (including phenoxy) is 6. The Balaban J connectivity index is 0.000000136. The molecule has 10 aliphatic heterocycles. The number of aromatic amines is 3. The maximum Gasteiger partial charge on any atom is 0.472 e. The van der Waals surface area contributed by atoms with Gasteiger partial charge in [0.25, 0.3) is 16.7 Å². The molecule has 0 amide bonds. The highest BCUT2D eigenvalue weighted by Crippen LogP contribution is 2.60. The number of hydrogen-bond acceptors (Lipinski definition) is 46. The minimum absolute atomic E-state index is 0. The molecule has 9 fully saturated rings. The second-order valence-electron chi connectivity index (χ2n) is 31.2. The molecule has 0 aromatic carbocycles. The molecule has 61 nitrogen and oxygen atoms in total. The third-order valence-electron chi connectivity index (χ3n) is 22.3. The number of H-pyrrole nitrogens is 3. The molecular weight excluding hydrogens is 1990 g/mol. The smallest absolute Gasteiger partial charge is 0.387 e. The van der Waals surface area contributed by atoms with Crippen molar-refractivity contribution in [2.75, 3.05) is 51.1 Å². The van der Waals surface area contributed by atoms with Crippen LogP contribution in [0.3, 0.4) is 0 Å². The van der Waals surface area contributed by atoms with Gasteiger partial charge in [0.15, 0.2) is 136 Å². The molecule has 16 N–H and O–H groups in total. The number of nitrogens with zero attached hydrogens (tertiary/aromatic N) is 20. The number of amidine groups is 1. The number of aryl methyl sites for hydroxylation is 3. The van der Waals surface area contributed by atoms with Crippen LogP contribution in [0.4, 0.5) is 39.5 Å². The van der Waals surface area contributed by atoms with Crippen LogP contribution >= 0.6 is 46.9 Å². The van der Waals surface area contributed by atoms with E-state index in [4.69, 9.17) is 99.9 Å². The van der Waals surface area contributed by atoms with E-state index in [0.717, 1.165) is 56.2 Å². The summed E-state index contributed by atoms with van der Waals surface area (Å²) < 4.78 is 259. The van der Waals surface area contributed by atoms with Crippen LogP contribution < -0.4 is 33.9 Å². The number of anilines is 2. The van der Waals surface area contributed by atoms with Crippen LogP contribution in [-0.4, -0.2) is 303 Å². The Morgan fingerprint density at radius 1 is 0.372 bits per heavy atom. The highest BCUT2D eigenvalue weighted by Gasteiger charge is 2.60. The van der Waals surface area contributed by atoms with Crippen LogP contribution in [0.25, 0.3) is 55.8 Å². The lowest BCUT2D eigenvalue weighted by Gasteiger charge is -2.27. The molecule has 30 atom stereocenters. The quantitative estimate of drug-likeness (QED) is 0.0806. The van der Waals surface area contributed by atoms with Gasteiger partial charge in [-0.3, -0.25) is 106 Å². The molecule has 0 bridgehead atoms. The van der Waals surface area contributed by atoms with Crippen molar-refractivity contribution in [1.29, 1.82) is 0 Å². The highest BCUT2D eigenvalue weighted by atomic mass is 31.2. The third-order valence-corrected chi connectivity index (χ3v) is 28.2. The Morgan fingerprint density at radius 2 is 0.672 bits per heavy atom. The number of hydrogen-bond donors (Lipinski definition) is 13. The second kappa shape index (κ2) is 36.7. The van der Waals surface area contributed by atoms with Gasteiger partial charge >= 0.3 is 46.9 Å². The molecule has 10 aliphatic rings. The van der Waals surface area contributed by atoms with Crippen molar-refractivity contribution in [3.05, 3.63) is 105 Å². The SMILES string of the molecule is C.Cc1nc2c(ncn2[C@@H]2O[C@@H]3COP(=O)(O)O[C@H]4[C@@H](F)[C@H](n5cnc6c(=O)[nH]c(N)nc65)O[C@@H]4COP(=O)(O)O[C@H]3[C@H]2F)c(=O)[nH]1.Cc1nc2c(ncn2[C@@H]2O[C@@H]3COP(=O)(O)O[C@H]4[C@@H](F)[C@H](n5cnc6c5N=C(N)CC6=O)O[C@@H]4COP(=O)(O)O[C@H]3[C@H]2O)c(=O)[nH]1.Cc1ncnc2c1ncn2[C@@H]1O[C@@H]2COP(=O)(O)O[C@H]3[C@@H](F)[C@H](n4cnc5c(N)ncnc54)O[C@@H]3COP(=O)(O)O[C@H]2[C@H]1F. The summed E-state index contributed by atoms with van der Waals surface area (Å²) in [6, 6.07) is 0. The lowest BCUT2D eigenvalue weighted by Crippen LogP contribution is -2.38. The first-order valence-electron chi connectivity index (χ1n) is 39.7. The Hall–Kier alpha value is -9.87. The normalized spacial score (nSPS) is 37.7. The number of carbonyl (C=O) groups is 1. The van der Waals surface area contributed by atoms with E-state index < -0.39 is 257 Å². The van der Waals surface area contributed by atoms with Gasteiger partial charge in [-0.05, 0) is 20.8 Å². The average molecular weight is 2060 g/mol. The van der Waals surface area contributed by atoms with Gasteiger partial charge < -0.3 is 90.1 Å². The number of phosphoric ester groups is 6. The number of aliphatic hydroxyl groups is 1. The molecule has 21 heterocycles. The van der Waals surface area contributed by atoms with E-state index in [2.05, 4.69) is 84.7 Å². The number of nitrogen functional groups attached to an aromatic ring is 2. The van der Waals surface area contributed by atoms with E-state index in [1.54, 1.807) is 6.92 Å². The maximum absolute atomic E-state index is 15.9. The van der Waals surface area contributed by atoms with E-state index >= 15 is 22.0 Å². The van der Waals surface area contributed by atoms with E-state index in [1.807, 2.05) is 0 Å². The number of Topliss-reactive ketones (excluding diaryl/α,β-unsaturated/α-hetero) is 1. The van der Waals surface area contributed by atoms with Gasteiger partial charge in [0.05, 0.1) is 89.7 Å².